The second-order valence-electron chi connectivity index (χ2n) is 6.76. The molecule has 4 aromatic rings. The van der Waals surface area contributed by atoms with Crippen molar-refractivity contribution in [2.75, 3.05) is 0 Å². The normalized spacial score (nSPS) is 10.6. The van der Waals surface area contributed by atoms with Crippen LogP contribution in [0.3, 0.4) is 0 Å². The fourth-order valence-electron chi connectivity index (χ4n) is 3.11. The van der Waals surface area contributed by atoms with E-state index in [2.05, 4.69) is 16.0 Å². The van der Waals surface area contributed by atoms with Gasteiger partial charge in [0, 0.05) is 10.9 Å². The average molecular weight is 416 g/mol. The molecular formula is C23H17FN4O3. The van der Waals surface area contributed by atoms with Crippen molar-refractivity contribution in [1.29, 1.82) is 0 Å². The molecule has 0 fully saturated rings. The smallest absolute Gasteiger partial charge is 0.267 e. The highest BCUT2D eigenvalue weighted by Crippen LogP contribution is 2.14. The Bertz CT molecular complexity index is 1320. The van der Waals surface area contributed by atoms with Crippen LogP contribution < -0.4 is 16.4 Å². The molecule has 1 aromatic heterocycles. The minimum atomic E-state index is -0.687. The number of hydrogen-bond donors (Lipinski definition) is 2. The second-order valence-corrected chi connectivity index (χ2v) is 6.76. The maximum absolute atomic E-state index is 13.0. The van der Waals surface area contributed by atoms with E-state index in [-0.39, 0.29) is 23.4 Å². The third kappa shape index (κ3) is 4.32. The van der Waals surface area contributed by atoms with Crippen LogP contribution in [0.1, 0.15) is 26.4 Å². The SMILES string of the molecule is O=C(NNC(=O)c1nn(Cc2ccccc2)c(=O)c2ccccc12)c1ccc(F)cc1. The van der Waals surface area contributed by atoms with Crippen LogP contribution in [-0.2, 0) is 6.54 Å². The van der Waals surface area contributed by atoms with E-state index in [0.717, 1.165) is 17.7 Å². The molecule has 2 amide bonds. The summed E-state index contributed by atoms with van der Waals surface area (Å²) in [5, 5.41) is 4.95. The van der Waals surface area contributed by atoms with Gasteiger partial charge in [0.25, 0.3) is 17.4 Å². The lowest BCUT2D eigenvalue weighted by molar-refractivity contribution is 0.0843. The van der Waals surface area contributed by atoms with Gasteiger partial charge in [-0.25, -0.2) is 9.07 Å². The fourth-order valence-corrected chi connectivity index (χ4v) is 3.11. The van der Waals surface area contributed by atoms with Crippen LogP contribution in [0, 0.1) is 5.82 Å². The highest BCUT2D eigenvalue weighted by atomic mass is 19.1. The average Bonchev–Trinajstić information content (AvgIpc) is 2.80. The number of carbonyl (C=O) groups is 2. The summed E-state index contributed by atoms with van der Waals surface area (Å²) in [6.07, 6.45) is 0. The van der Waals surface area contributed by atoms with Gasteiger partial charge in [0.2, 0.25) is 0 Å². The van der Waals surface area contributed by atoms with Crippen LogP contribution in [0.4, 0.5) is 4.39 Å². The van der Waals surface area contributed by atoms with E-state index in [9.17, 15) is 18.8 Å². The predicted octanol–water partition coefficient (Wildman–Crippen LogP) is 2.66. The number of amides is 2. The quantitative estimate of drug-likeness (QED) is 0.500. The van der Waals surface area contributed by atoms with Gasteiger partial charge in [0.1, 0.15) is 5.82 Å². The molecule has 31 heavy (non-hydrogen) atoms. The number of halogens is 1. The van der Waals surface area contributed by atoms with Gasteiger partial charge in [-0.05, 0) is 35.9 Å². The molecule has 0 unspecified atom stereocenters. The molecule has 7 nitrogen and oxygen atoms in total. The Morgan fingerprint density at radius 2 is 1.42 bits per heavy atom. The molecule has 0 spiro atoms. The summed E-state index contributed by atoms with van der Waals surface area (Å²) < 4.78 is 14.2. The van der Waals surface area contributed by atoms with Crippen molar-refractivity contribution in [2.24, 2.45) is 0 Å². The first-order chi connectivity index (χ1) is 15.0. The molecule has 0 aliphatic rings. The maximum atomic E-state index is 13.0. The first-order valence-electron chi connectivity index (χ1n) is 9.43. The molecule has 1 heterocycles. The molecule has 0 bridgehead atoms. The molecule has 0 aliphatic heterocycles. The number of benzene rings is 3. The highest BCUT2D eigenvalue weighted by molar-refractivity contribution is 6.06. The van der Waals surface area contributed by atoms with Crippen molar-refractivity contribution in [2.45, 2.75) is 6.54 Å². The van der Waals surface area contributed by atoms with Gasteiger partial charge in [0.05, 0.1) is 11.9 Å². The number of hydrogen-bond acceptors (Lipinski definition) is 4. The van der Waals surface area contributed by atoms with E-state index in [4.69, 9.17) is 0 Å². The van der Waals surface area contributed by atoms with Gasteiger partial charge in [-0.3, -0.25) is 25.2 Å². The van der Waals surface area contributed by atoms with Crippen molar-refractivity contribution in [1.82, 2.24) is 20.6 Å². The zero-order valence-corrected chi connectivity index (χ0v) is 16.2. The van der Waals surface area contributed by atoms with E-state index in [1.165, 1.54) is 16.8 Å². The molecule has 0 atom stereocenters. The van der Waals surface area contributed by atoms with Gasteiger partial charge in [-0.2, -0.15) is 5.10 Å². The van der Waals surface area contributed by atoms with Gasteiger partial charge in [-0.15, -0.1) is 0 Å². The number of carbonyl (C=O) groups excluding carboxylic acids is 2. The van der Waals surface area contributed by atoms with Crippen LogP contribution in [0.15, 0.2) is 83.7 Å². The second kappa shape index (κ2) is 8.58. The minimum Gasteiger partial charge on any atom is -0.267 e. The van der Waals surface area contributed by atoms with E-state index in [1.54, 1.807) is 24.3 Å². The van der Waals surface area contributed by atoms with Crippen molar-refractivity contribution >= 4 is 22.6 Å². The van der Waals surface area contributed by atoms with E-state index in [1.807, 2.05) is 30.3 Å². The molecule has 8 heteroatoms. The molecule has 0 saturated heterocycles. The van der Waals surface area contributed by atoms with Gasteiger partial charge in [-0.1, -0.05) is 48.5 Å². The van der Waals surface area contributed by atoms with Crippen LogP contribution in [-0.4, -0.2) is 21.6 Å². The number of hydrazine groups is 1. The molecule has 3 aromatic carbocycles. The number of nitrogens with zero attached hydrogens (tertiary/aromatic N) is 2. The summed E-state index contributed by atoms with van der Waals surface area (Å²) in [6, 6.07) is 20.8. The first-order valence-corrected chi connectivity index (χ1v) is 9.43. The summed E-state index contributed by atoms with van der Waals surface area (Å²) in [5.41, 5.74) is 5.27. The van der Waals surface area contributed by atoms with Gasteiger partial charge < -0.3 is 0 Å². The van der Waals surface area contributed by atoms with Crippen LogP contribution in [0.25, 0.3) is 10.8 Å². The van der Waals surface area contributed by atoms with Crippen LogP contribution >= 0.6 is 0 Å². The van der Waals surface area contributed by atoms with Crippen molar-refractivity contribution in [3.63, 3.8) is 0 Å². The summed E-state index contributed by atoms with van der Waals surface area (Å²) in [5.74, 6) is -1.78. The predicted molar refractivity (Wildman–Crippen MR) is 113 cm³/mol. The molecular weight excluding hydrogens is 399 g/mol. The Hall–Kier alpha value is -4.33. The van der Waals surface area contributed by atoms with E-state index < -0.39 is 17.6 Å². The summed E-state index contributed by atoms with van der Waals surface area (Å²) in [7, 11) is 0. The largest absolute Gasteiger partial charge is 0.290 e. The first kappa shape index (κ1) is 20.0. The minimum absolute atomic E-state index is 0.00876. The van der Waals surface area contributed by atoms with Crippen LogP contribution in [0.2, 0.25) is 0 Å². The Balaban J connectivity index is 1.63. The molecule has 4 rings (SSSR count). The third-order valence-electron chi connectivity index (χ3n) is 4.65. The maximum Gasteiger partial charge on any atom is 0.290 e. The third-order valence-corrected chi connectivity index (χ3v) is 4.65. The van der Waals surface area contributed by atoms with Crippen molar-refractivity contribution in [3.05, 3.63) is 112 Å². The number of nitrogens with one attached hydrogen (secondary N) is 2. The van der Waals surface area contributed by atoms with Gasteiger partial charge in [0.15, 0.2) is 5.69 Å². The fraction of sp³-hybridized carbons (Fsp3) is 0.0435. The lowest BCUT2D eigenvalue weighted by atomic mass is 10.1. The highest BCUT2D eigenvalue weighted by Gasteiger charge is 2.17. The summed E-state index contributed by atoms with van der Waals surface area (Å²) in [6.45, 7) is 0.187. The Kier molecular flexibility index (Phi) is 5.53. The monoisotopic (exact) mass is 416 g/mol. The lowest BCUT2D eigenvalue weighted by Gasteiger charge is -2.12. The Morgan fingerprint density at radius 3 is 2.13 bits per heavy atom. The van der Waals surface area contributed by atoms with E-state index >= 15 is 0 Å². The van der Waals surface area contributed by atoms with Crippen molar-refractivity contribution in [3.8, 4) is 0 Å². The molecule has 0 saturated carbocycles. The number of fused-ring (bicyclic) bond motifs is 1. The Morgan fingerprint density at radius 1 is 0.806 bits per heavy atom. The molecule has 0 radical (unpaired) electrons. The molecule has 154 valence electrons. The Labute approximate surface area is 176 Å². The topological polar surface area (TPSA) is 93.1 Å². The van der Waals surface area contributed by atoms with Crippen LogP contribution in [0.5, 0.6) is 0 Å². The van der Waals surface area contributed by atoms with Gasteiger partial charge >= 0.3 is 0 Å². The summed E-state index contributed by atoms with van der Waals surface area (Å²) in [4.78, 5) is 37.8. The zero-order valence-electron chi connectivity index (χ0n) is 16.2. The standard InChI is InChI=1S/C23H17FN4O3/c24-17-12-10-16(11-13-17)21(29)25-26-22(30)20-18-8-4-5-9-19(18)23(31)28(27-20)14-15-6-2-1-3-7-15/h1-13H,14H2,(H,25,29)(H,26,30). The number of aromatic nitrogens is 2. The van der Waals surface area contributed by atoms with Crippen molar-refractivity contribution < 1.29 is 14.0 Å². The molecule has 0 aliphatic carbocycles. The number of rotatable bonds is 4. The summed E-state index contributed by atoms with van der Waals surface area (Å²) >= 11 is 0. The van der Waals surface area contributed by atoms with E-state index in [0.29, 0.717) is 10.8 Å². The zero-order chi connectivity index (χ0) is 21.8. The lowest BCUT2D eigenvalue weighted by Crippen LogP contribution is -2.42. The molecule has 2 N–H and O–H groups in total.